The van der Waals surface area contributed by atoms with Crippen LogP contribution in [0.4, 0.5) is 0 Å². The van der Waals surface area contributed by atoms with Gasteiger partial charge in [0.25, 0.3) is 0 Å². The first-order valence-electron chi connectivity index (χ1n) is 6.09. The molecule has 8 heteroatoms. The second kappa shape index (κ2) is 5.32. The Morgan fingerprint density at radius 3 is 2.47 bits per heavy atom. The minimum absolute atomic E-state index is 0.00912. The zero-order valence-corrected chi connectivity index (χ0v) is 11.5. The van der Waals surface area contributed by atoms with Gasteiger partial charge in [0.2, 0.25) is 10.0 Å². The highest BCUT2D eigenvalue weighted by Gasteiger charge is 2.29. The Labute approximate surface area is 111 Å². The van der Waals surface area contributed by atoms with Crippen LogP contribution < -0.4 is 0 Å². The second-order valence-corrected chi connectivity index (χ2v) is 6.33. The number of H-pyrrole nitrogens is 1. The van der Waals surface area contributed by atoms with Crippen molar-refractivity contribution in [3.8, 4) is 0 Å². The number of aromatic amines is 1. The van der Waals surface area contributed by atoms with Gasteiger partial charge in [0, 0.05) is 32.4 Å². The van der Waals surface area contributed by atoms with Crippen molar-refractivity contribution in [1.29, 1.82) is 0 Å². The van der Waals surface area contributed by atoms with Crippen molar-refractivity contribution in [2.24, 2.45) is 0 Å². The van der Waals surface area contributed by atoms with Gasteiger partial charge in [0.1, 0.15) is 10.6 Å². The molecule has 0 aliphatic carbocycles. The van der Waals surface area contributed by atoms with Crippen molar-refractivity contribution in [2.45, 2.75) is 11.8 Å². The molecule has 0 unspecified atom stereocenters. The SMILES string of the molecule is CCN1CCN(S(=O)(=O)c2c[nH]c(C(=O)O)c2)CC1. The van der Waals surface area contributed by atoms with Crippen molar-refractivity contribution in [2.75, 3.05) is 32.7 Å². The van der Waals surface area contributed by atoms with E-state index >= 15 is 0 Å². The molecule has 1 fully saturated rings. The van der Waals surface area contributed by atoms with E-state index in [0.29, 0.717) is 26.2 Å². The van der Waals surface area contributed by atoms with Crippen LogP contribution in [0.3, 0.4) is 0 Å². The van der Waals surface area contributed by atoms with Crippen LogP contribution in [0.2, 0.25) is 0 Å². The van der Waals surface area contributed by atoms with E-state index in [4.69, 9.17) is 5.11 Å². The lowest BCUT2D eigenvalue weighted by atomic mass is 10.4. The van der Waals surface area contributed by atoms with Crippen molar-refractivity contribution in [1.82, 2.24) is 14.2 Å². The Kier molecular flexibility index (Phi) is 3.93. The number of rotatable bonds is 4. The van der Waals surface area contributed by atoms with Gasteiger partial charge in [-0.25, -0.2) is 13.2 Å². The zero-order valence-electron chi connectivity index (χ0n) is 10.7. The molecule has 7 nitrogen and oxygen atoms in total. The maximum Gasteiger partial charge on any atom is 0.352 e. The largest absolute Gasteiger partial charge is 0.477 e. The Hall–Kier alpha value is -1.38. The molecule has 0 radical (unpaired) electrons. The zero-order chi connectivity index (χ0) is 14.0. The van der Waals surface area contributed by atoms with Crippen molar-refractivity contribution < 1.29 is 18.3 Å². The maximum atomic E-state index is 12.3. The number of hydrogen-bond donors (Lipinski definition) is 2. The summed E-state index contributed by atoms with van der Waals surface area (Å²) in [6.45, 7) is 5.21. The molecule has 19 heavy (non-hydrogen) atoms. The van der Waals surface area contributed by atoms with Crippen LogP contribution in [0, 0.1) is 0 Å². The topological polar surface area (TPSA) is 93.7 Å². The molecule has 1 aliphatic heterocycles. The van der Waals surface area contributed by atoms with Gasteiger partial charge in [0.05, 0.1) is 0 Å². The van der Waals surface area contributed by atoms with Crippen LogP contribution in [-0.2, 0) is 10.0 Å². The summed E-state index contributed by atoms with van der Waals surface area (Å²) in [7, 11) is -3.59. The highest BCUT2D eigenvalue weighted by molar-refractivity contribution is 7.89. The summed E-state index contributed by atoms with van der Waals surface area (Å²) in [5.41, 5.74) is -0.120. The lowest BCUT2D eigenvalue weighted by Crippen LogP contribution is -2.48. The van der Waals surface area contributed by atoms with Gasteiger partial charge in [-0.15, -0.1) is 0 Å². The molecule has 106 valence electrons. The van der Waals surface area contributed by atoms with E-state index in [1.807, 2.05) is 6.92 Å². The fourth-order valence-corrected chi connectivity index (χ4v) is 3.50. The smallest absolute Gasteiger partial charge is 0.352 e. The first kappa shape index (κ1) is 14.0. The third-order valence-corrected chi connectivity index (χ3v) is 5.18. The fourth-order valence-electron chi connectivity index (χ4n) is 2.08. The average Bonchev–Trinajstić information content (AvgIpc) is 2.89. The lowest BCUT2D eigenvalue weighted by molar-refractivity contribution is 0.0691. The predicted octanol–water partition coefficient (Wildman–Crippen LogP) is 0.0391. The minimum Gasteiger partial charge on any atom is -0.477 e. The summed E-state index contributed by atoms with van der Waals surface area (Å²) in [6, 6.07) is 1.16. The Balaban J connectivity index is 2.16. The number of piperazine rings is 1. The Morgan fingerprint density at radius 1 is 1.37 bits per heavy atom. The molecule has 2 rings (SSSR count). The van der Waals surface area contributed by atoms with Gasteiger partial charge < -0.3 is 15.0 Å². The average molecular weight is 287 g/mol. The van der Waals surface area contributed by atoms with Crippen molar-refractivity contribution >= 4 is 16.0 Å². The van der Waals surface area contributed by atoms with Crippen LogP contribution in [0.1, 0.15) is 17.4 Å². The van der Waals surface area contributed by atoms with Crippen LogP contribution >= 0.6 is 0 Å². The van der Waals surface area contributed by atoms with Crippen LogP contribution in [0.25, 0.3) is 0 Å². The molecule has 0 saturated carbocycles. The van der Waals surface area contributed by atoms with E-state index in [9.17, 15) is 13.2 Å². The molecule has 0 atom stereocenters. The Bertz CT molecular complexity index is 558. The summed E-state index contributed by atoms with van der Waals surface area (Å²) < 4.78 is 26.0. The van der Waals surface area contributed by atoms with Crippen LogP contribution in [0.15, 0.2) is 17.2 Å². The number of sulfonamides is 1. The molecule has 2 N–H and O–H groups in total. The number of hydrogen-bond acceptors (Lipinski definition) is 4. The van der Waals surface area contributed by atoms with E-state index in [0.717, 1.165) is 12.6 Å². The van der Waals surface area contributed by atoms with E-state index < -0.39 is 16.0 Å². The van der Waals surface area contributed by atoms with Crippen LogP contribution in [0.5, 0.6) is 0 Å². The first-order valence-corrected chi connectivity index (χ1v) is 7.53. The summed E-state index contributed by atoms with van der Waals surface area (Å²) in [6.07, 6.45) is 1.23. The number of likely N-dealkylation sites (N-methyl/N-ethyl adjacent to an activating group) is 1. The standard InChI is InChI=1S/C11H17N3O4S/c1-2-13-3-5-14(6-4-13)19(17,18)9-7-10(11(15)16)12-8-9/h7-8,12H,2-6H2,1H3,(H,15,16). The number of nitrogens with zero attached hydrogens (tertiary/aromatic N) is 2. The maximum absolute atomic E-state index is 12.3. The monoisotopic (exact) mass is 287 g/mol. The molecule has 0 spiro atoms. The molecule has 0 bridgehead atoms. The molecule has 0 aromatic carbocycles. The number of nitrogens with one attached hydrogen (secondary N) is 1. The van der Waals surface area contributed by atoms with E-state index in [-0.39, 0.29) is 10.6 Å². The number of aromatic nitrogens is 1. The summed E-state index contributed by atoms with van der Waals surface area (Å²) in [4.78, 5) is 15.4. The first-order chi connectivity index (χ1) is 8.95. The third-order valence-electron chi connectivity index (χ3n) is 3.30. The van der Waals surface area contributed by atoms with Crippen molar-refractivity contribution in [3.63, 3.8) is 0 Å². The highest BCUT2D eigenvalue weighted by Crippen LogP contribution is 2.18. The molecule has 2 heterocycles. The number of carbonyl (C=O) groups is 1. The quantitative estimate of drug-likeness (QED) is 0.815. The van der Waals surface area contributed by atoms with Crippen molar-refractivity contribution in [3.05, 3.63) is 18.0 Å². The van der Waals surface area contributed by atoms with Gasteiger partial charge >= 0.3 is 5.97 Å². The van der Waals surface area contributed by atoms with E-state index in [1.165, 1.54) is 10.5 Å². The van der Waals surface area contributed by atoms with Crippen LogP contribution in [-0.4, -0.2) is 66.4 Å². The molecule has 1 aromatic heterocycles. The summed E-state index contributed by atoms with van der Waals surface area (Å²) >= 11 is 0. The predicted molar refractivity (Wildman–Crippen MR) is 68.6 cm³/mol. The second-order valence-electron chi connectivity index (χ2n) is 4.39. The van der Waals surface area contributed by atoms with Gasteiger partial charge in [-0.1, -0.05) is 6.92 Å². The molecule has 1 aromatic rings. The number of aromatic carboxylic acids is 1. The van der Waals surface area contributed by atoms with Gasteiger partial charge in [-0.2, -0.15) is 4.31 Å². The highest BCUT2D eigenvalue weighted by atomic mass is 32.2. The van der Waals surface area contributed by atoms with Gasteiger partial charge in [-0.05, 0) is 12.6 Å². The number of carboxylic acid groups (broad SMARTS) is 1. The van der Waals surface area contributed by atoms with E-state index in [2.05, 4.69) is 9.88 Å². The molecule has 0 amide bonds. The van der Waals surface area contributed by atoms with E-state index in [1.54, 1.807) is 0 Å². The summed E-state index contributed by atoms with van der Waals surface area (Å²) in [5.74, 6) is -1.17. The normalized spacial score (nSPS) is 18.6. The third kappa shape index (κ3) is 2.80. The summed E-state index contributed by atoms with van der Waals surface area (Å²) in [5, 5.41) is 8.79. The van der Waals surface area contributed by atoms with Gasteiger partial charge in [0.15, 0.2) is 0 Å². The molecule has 1 aliphatic rings. The minimum atomic E-state index is -3.59. The molecule has 1 saturated heterocycles. The van der Waals surface area contributed by atoms with Gasteiger partial charge in [-0.3, -0.25) is 0 Å². The Morgan fingerprint density at radius 2 is 2.00 bits per heavy atom. The lowest BCUT2D eigenvalue weighted by Gasteiger charge is -2.32. The number of carboxylic acids is 1. The molecular formula is C11H17N3O4S. The fraction of sp³-hybridized carbons (Fsp3) is 0.545. The molecular weight excluding hydrogens is 270 g/mol.